The molecule has 24 heavy (non-hydrogen) atoms. The van der Waals surface area contributed by atoms with E-state index in [1.807, 2.05) is 79.7 Å². The highest BCUT2D eigenvalue weighted by molar-refractivity contribution is 6.00. The number of benzene rings is 1. The number of para-hydroxylation sites is 1. The van der Waals surface area contributed by atoms with E-state index in [9.17, 15) is 4.79 Å². The van der Waals surface area contributed by atoms with Crippen molar-refractivity contribution in [2.75, 3.05) is 13.1 Å². The molecule has 0 bridgehead atoms. The number of Topliss-reactive ketones (excluding diaryl/α,β-unsaturated/α-hetero) is 1. The van der Waals surface area contributed by atoms with E-state index in [2.05, 4.69) is 5.32 Å². The second kappa shape index (κ2) is 15.2. The lowest BCUT2D eigenvalue weighted by Gasteiger charge is -2.40. The fourth-order valence-electron chi connectivity index (χ4n) is 2.60. The average Bonchev–Trinajstić information content (AvgIpc) is 2.69. The second-order valence-corrected chi connectivity index (χ2v) is 4.63. The van der Waals surface area contributed by atoms with Crippen molar-refractivity contribution in [2.24, 2.45) is 0 Å². The summed E-state index contributed by atoms with van der Waals surface area (Å²) in [6.07, 6.45) is 2.38. The molecule has 0 saturated carbocycles. The number of hydrogen-bond donors (Lipinski definition) is 1. The highest BCUT2D eigenvalue weighted by Crippen LogP contribution is 2.37. The molecule has 1 aromatic rings. The summed E-state index contributed by atoms with van der Waals surface area (Å²) in [7, 11) is 0. The average molecular weight is 338 g/mol. The number of hydrogen-bond acceptors (Lipinski definition) is 3. The Kier molecular flexibility index (Phi) is 15.8. The van der Waals surface area contributed by atoms with Crippen LogP contribution in [0.2, 0.25) is 0 Å². The number of fused-ring (bicyclic) bond motifs is 1. The first-order chi connectivity index (χ1) is 11.8. The molecule has 0 atom stereocenters. The summed E-state index contributed by atoms with van der Waals surface area (Å²) < 4.78 is 6.07. The maximum absolute atomic E-state index is 12.1. The van der Waals surface area contributed by atoms with Gasteiger partial charge < -0.3 is 10.1 Å². The minimum atomic E-state index is -0.239. The van der Waals surface area contributed by atoms with Crippen LogP contribution in [0, 0.1) is 0 Å². The molecule has 2 heterocycles. The summed E-state index contributed by atoms with van der Waals surface area (Å²) in [6.45, 7) is 17.9. The molecule has 0 unspecified atom stereocenters. The van der Waals surface area contributed by atoms with E-state index in [1.54, 1.807) is 0 Å². The molecule has 0 aliphatic carbocycles. The van der Waals surface area contributed by atoms with Gasteiger partial charge in [-0.3, -0.25) is 4.79 Å². The molecular weight excluding hydrogens is 298 g/mol. The van der Waals surface area contributed by atoms with Crippen LogP contribution < -0.4 is 10.1 Å². The minimum Gasteiger partial charge on any atom is -0.486 e. The first kappa shape index (κ1) is 24.9. The van der Waals surface area contributed by atoms with Crippen molar-refractivity contribution in [3.05, 3.63) is 29.8 Å². The standard InChI is InChI=1S/C13H15NO2.4C2H6/c15-11-9-13(5-7-14-8-6-13)16-12-4-2-1-3-10(11)12;4*1-2/h1-4,14H,5-9H2;4*1-2H3. The molecule has 0 amide bonds. The molecule has 1 N–H and O–H groups in total. The molecule has 1 fully saturated rings. The molecule has 3 nitrogen and oxygen atoms in total. The van der Waals surface area contributed by atoms with E-state index in [1.165, 1.54) is 0 Å². The number of carbonyl (C=O) groups is 1. The van der Waals surface area contributed by atoms with Crippen LogP contribution in [0.4, 0.5) is 0 Å². The van der Waals surface area contributed by atoms with Crippen LogP contribution >= 0.6 is 0 Å². The third kappa shape index (κ3) is 7.04. The van der Waals surface area contributed by atoms with Gasteiger partial charge in [-0.25, -0.2) is 0 Å². The Balaban J connectivity index is 0. The Hall–Kier alpha value is -1.35. The molecule has 2 aliphatic heterocycles. The molecule has 0 radical (unpaired) electrons. The van der Waals surface area contributed by atoms with E-state index in [4.69, 9.17) is 4.74 Å². The van der Waals surface area contributed by atoms with Gasteiger partial charge in [0.1, 0.15) is 11.4 Å². The number of carbonyl (C=O) groups excluding carboxylic acids is 1. The van der Waals surface area contributed by atoms with Gasteiger partial charge in [-0.2, -0.15) is 0 Å². The van der Waals surface area contributed by atoms with Crippen LogP contribution in [-0.4, -0.2) is 24.5 Å². The van der Waals surface area contributed by atoms with Gasteiger partial charge in [-0.1, -0.05) is 67.5 Å². The number of rotatable bonds is 0. The topological polar surface area (TPSA) is 38.3 Å². The van der Waals surface area contributed by atoms with Crippen LogP contribution in [0.1, 0.15) is 85.0 Å². The molecule has 2 aliphatic rings. The lowest BCUT2D eigenvalue weighted by atomic mass is 9.83. The maximum Gasteiger partial charge on any atom is 0.170 e. The SMILES string of the molecule is CC.CC.CC.CC.O=C1CC2(CCNCC2)Oc2ccccc21. The van der Waals surface area contributed by atoms with E-state index in [0.29, 0.717) is 6.42 Å². The highest BCUT2D eigenvalue weighted by Gasteiger charge is 2.41. The smallest absolute Gasteiger partial charge is 0.170 e. The first-order valence-corrected chi connectivity index (χ1v) is 9.81. The van der Waals surface area contributed by atoms with E-state index in [-0.39, 0.29) is 11.4 Å². The van der Waals surface area contributed by atoms with Gasteiger partial charge >= 0.3 is 0 Å². The van der Waals surface area contributed by atoms with Gasteiger partial charge in [0.05, 0.1) is 12.0 Å². The zero-order chi connectivity index (χ0) is 19.0. The summed E-state index contributed by atoms with van der Waals surface area (Å²) in [5, 5.41) is 3.30. The summed E-state index contributed by atoms with van der Waals surface area (Å²) in [5.41, 5.74) is 0.503. The third-order valence-electron chi connectivity index (χ3n) is 3.51. The molecule has 3 heteroatoms. The van der Waals surface area contributed by atoms with E-state index < -0.39 is 0 Å². The fraction of sp³-hybridized carbons (Fsp3) is 0.667. The lowest BCUT2D eigenvalue weighted by Crippen LogP contribution is -2.49. The Morgan fingerprint density at radius 2 is 1.38 bits per heavy atom. The molecule has 0 aromatic heterocycles. The van der Waals surface area contributed by atoms with Crippen molar-refractivity contribution < 1.29 is 9.53 Å². The van der Waals surface area contributed by atoms with Gasteiger partial charge in [-0.15, -0.1) is 0 Å². The summed E-state index contributed by atoms with van der Waals surface area (Å²) in [6, 6.07) is 7.56. The maximum atomic E-state index is 12.1. The fourth-order valence-corrected chi connectivity index (χ4v) is 2.60. The molecule has 1 aromatic carbocycles. The van der Waals surface area contributed by atoms with Crippen LogP contribution in [0.25, 0.3) is 0 Å². The van der Waals surface area contributed by atoms with Crippen molar-refractivity contribution in [3.8, 4) is 5.75 Å². The molecule has 3 rings (SSSR count). The predicted octanol–water partition coefficient (Wildman–Crippen LogP) is 5.88. The Bertz CT molecular complexity index is 424. The number of nitrogens with one attached hydrogen (secondary N) is 1. The first-order valence-electron chi connectivity index (χ1n) is 9.81. The van der Waals surface area contributed by atoms with Gasteiger partial charge in [0.2, 0.25) is 0 Å². The summed E-state index contributed by atoms with van der Waals surface area (Å²) >= 11 is 0. The van der Waals surface area contributed by atoms with Gasteiger partial charge in [0.15, 0.2) is 5.78 Å². The Morgan fingerprint density at radius 1 is 0.875 bits per heavy atom. The van der Waals surface area contributed by atoms with Crippen LogP contribution in [0.5, 0.6) is 5.75 Å². The lowest BCUT2D eigenvalue weighted by molar-refractivity contribution is 0.0187. The highest BCUT2D eigenvalue weighted by atomic mass is 16.5. The molecule has 140 valence electrons. The van der Waals surface area contributed by atoms with Gasteiger partial charge in [0.25, 0.3) is 0 Å². The van der Waals surface area contributed by atoms with Crippen LogP contribution in [0.15, 0.2) is 24.3 Å². The monoisotopic (exact) mass is 337 g/mol. The Labute approximate surface area is 150 Å². The molecular formula is C21H39NO2. The normalized spacial score (nSPS) is 16.1. The number of ketones is 1. The predicted molar refractivity (Wildman–Crippen MR) is 106 cm³/mol. The van der Waals surface area contributed by atoms with Gasteiger partial charge in [-0.05, 0) is 25.2 Å². The zero-order valence-electron chi connectivity index (χ0n) is 17.2. The van der Waals surface area contributed by atoms with Crippen LogP contribution in [0.3, 0.4) is 0 Å². The second-order valence-electron chi connectivity index (χ2n) is 4.63. The largest absolute Gasteiger partial charge is 0.486 e. The Morgan fingerprint density at radius 3 is 1.92 bits per heavy atom. The van der Waals surface area contributed by atoms with Crippen molar-refractivity contribution in [2.45, 2.75) is 80.3 Å². The van der Waals surface area contributed by atoms with Crippen molar-refractivity contribution in [1.29, 1.82) is 0 Å². The van der Waals surface area contributed by atoms with Crippen molar-refractivity contribution in [1.82, 2.24) is 5.32 Å². The third-order valence-corrected chi connectivity index (χ3v) is 3.51. The minimum absolute atomic E-state index is 0.226. The quantitative estimate of drug-likeness (QED) is 0.642. The molecule has 1 spiro atoms. The van der Waals surface area contributed by atoms with Crippen LogP contribution in [-0.2, 0) is 0 Å². The summed E-state index contributed by atoms with van der Waals surface area (Å²) in [5.74, 6) is 0.990. The van der Waals surface area contributed by atoms with E-state index >= 15 is 0 Å². The van der Waals surface area contributed by atoms with Gasteiger partial charge in [0, 0.05) is 12.8 Å². The number of piperidine rings is 1. The zero-order valence-corrected chi connectivity index (χ0v) is 17.2. The van der Waals surface area contributed by atoms with E-state index in [0.717, 1.165) is 37.2 Å². The van der Waals surface area contributed by atoms with Crippen molar-refractivity contribution >= 4 is 5.78 Å². The van der Waals surface area contributed by atoms with Crippen molar-refractivity contribution in [3.63, 3.8) is 0 Å². The number of ether oxygens (including phenoxy) is 1. The summed E-state index contributed by atoms with van der Waals surface area (Å²) in [4.78, 5) is 12.1. The molecule has 1 saturated heterocycles.